The van der Waals surface area contributed by atoms with Crippen LogP contribution in [-0.4, -0.2) is 36.9 Å². The van der Waals surface area contributed by atoms with Gasteiger partial charge in [0.05, 0.1) is 12.6 Å². The molecule has 124 valence electrons. The summed E-state index contributed by atoms with van der Waals surface area (Å²) in [6.07, 6.45) is 0.0354. The topological polar surface area (TPSA) is 70.6 Å². The first-order valence-electron chi connectivity index (χ1n) is 7.17. The molecule has 22 heavy (non-hydrogen) atoms. The minimum absolute atomic E-state index is 0.132. The van der Waals surface area contributed by atoms with Gasteiger partial charge in [0.15, 0.2) is 11.6 Å². The number of aliphatic hydroxyl groups is 1. The maximum Gasteiger partial charge on any atom is 0.314 e. The lowest BCUT2D eigenvalue weighted by Gasteiger charge is -2.14. The van der Waals surface area contributed by atoms with Gasteiger partial charge in [-0.2, -0.15) is 0 Å². The summed E-state index contributed by atoms with van der Waals surface area (Å²) in [7, 11) is 0. The maximum atomic E-state index is 12.9. The highest BCUT2D eigenvalue weighted by Gasteiger charge is 2.09. The van der Waals surface area contributed by atoms with E-state index in [1.54, 1.807) is 0 Å². The number of ether oxygens (including phenoxy) is 1. The first-order valence-corrected chi connectivity index (χ1v) is 7.17. The quantitative estimate of drug-likeness (QED) is 0.643. The van der Waals surface area contributed by atoms with Gasteiger partial charge in [-0.3, -0.25) is 0 Å². The zero-order chi connectivity index (χ0) is 16.5. The fourth-order valence-electron chi connectivity index (χ4n) is 1.63. The van der Waals surface area contributed by atoms with Crippen molar-refractivity contribution in [3.63, 3.8) is 0 Å². The number of hydrogen-bond acceptors (Lipinski definition) is 3. The molecule has 1 unspecified atom stereocenters. The Morgan fingerprint density at radius 3 is 2.55 bits per heavy atom. The first kappa shape index (κ1) is 18.2. The van der Waals surface area contributed by atoms with Gasteiger partial charge in [-0.25, -0.2) is 13.6 Å². The van der Waals surface area contributed by atoms with Crippen LogP contribution in [0.15, 0.2) is 18.2 Å². The van der Waals surface area contributed by atoms with Gasteiger partial charge in [-0.05, 0) is 24.5 Å². The van der Waals surface area contributed by atoms with Crippen LogP contribution in [-0.2, 0) is 0 Å². The summed E-state index contributed by atoms with van der Waals surface area (Å²) in [4.78, 5) is 11.4. The largest absolute Gasteiger partial charge is 0.492 e. The lowest BCUT2D eigenvalue weighted by Crippen LogP contribution is -2.39. The highest BCUT2D eigenvalue weighted by Crippen LogP contribution is 2.14. The molecule has 5 nitrogen and oxygen atoms in total. The average Bonchev–Trinajstić information content (AvgIpc) is 2.47. The summed E-state index contributed by atoms with van der Waals surface area (Å²) < 4.78 is 30.8. The molecule has 0 aliphatic rings. The van der Waals surface area contributed by atoms with Crippen molar-refractivity contribution in [2.75, 3.05) is 19.7 Å². The second-order valence-electron chi connectivity index (χ2n) is 5.21. The third-order valence-corrected chi connectivity index (χ3v) is 3.04. The minimum atomic E-state index is -0.980. The second-order valence-corrected chi connectivity index (χ2v) is 5.21. The van der Waals surface area contributed by atoms with Gasteiger partial charge in [0, 0.05) is 12.6 Å². The van der Waals surface area contributed by atoms with Crippen LogP contribution in [0, 0.1) is 17.6 Å². The van der Waals surface area contributed by atoms with Crippen LogP contribution in [0.1, 0.15) is 20.3 Å². The van der Waals surface area contributed by atoms with E-state index >= 15 is 0 Å². The maximum absolute atomic E-state index is 12.9. The van der Waals surface area contributed by atoms with E-state index in [1.807, 2.05) is 13.8 Å². The van der Waals surface area contributed by atoms with Crippen LogP contribution >= 0.6 is 0 Å². The lowest BCUT2D eigenvalue weighted by atomic mass is 10.0. The molecule has 1 atom stereocenters. The predicted octanol–water partition coefficient (Wildman–Crippen LogP) is 2.05. The third kappa shape index (κ3) is 6.71. The summed E-state index contributed by atoms with van der Waals surface area (Å²) in [5.41, 5.74) is 0. The Hall–Kier alpha value is -1.89. The molecule has 0 saturated carbocycles. The highest BCUT2D eigenvalue weighted by molar-refractivity contribution is 5.73. The van der Waals surface area contributed by atoms with Gasteiger partial charge in [-0.1, -0.05) is 13.8 Å². The van der Waals surface area contributed by atoms with Crippen molar-refractivity contribution in [1.29, 1.82) is 0 Å². The predicted molar refractivity (Wildman–Crippen MR) is 78.7 cm³/mol. The molecule has 2 amide bonds. The molecule has 1 aromatic carbocycles. The molecular formula is C15H22F2N2O3. The number of halogens is 2. The Labute approximate surface area is 128 Å². The fraction of sp³-hybridized carbons (Fsp3) is 0.533. The van der Waals surface area contributed by atoms with Crippen molar-refractivity contribution in [3.8, 4) is 5.75 Å². The van der Waals surface area contributed by atoms with Gasteiger partial charge in [0.2, 0.25) is 0 Å². The molecule has 1 aromatic rings. The molecule has 0 spiro atoms. The normalized spacial score (nSPS) is 12.1. The number of nitrogens with one attached hydrogen (secondary N) is 2. The molecule has 0 aromatic heterocycles. The number of rotatable bonds is 8. The summed E-state index contributed by atoms with van der Waals surface area (Å²) in [6, 6.07) is 2.86. The number of hydrogen-bond donors (Lipinski definition) is 3. The summed E-state index contributed by atoms with van der Waals surface area (Å²) >= 11 is 0. The van der Waals surface area contributed by atoms with Crippen LogP contribution in [0.3, 0.4) is 0 Å². The van der Waals surface area contributed by atoms with Crippen molar-refractivity contribution < 1.29 is 23.4 Å². The average molecular weight is 316 g/mol. The standard InChI is InChI=1S/C15H22F2N2O3/c1-10(2)14(20)5-6-18-15(21)19-7-8-22-11-3-4-12(16)13(17)9-11/h3-4,9-10,14,20H,5-8H2,1-2H3,(H2,18,19,21). The molecular weight excluding hydrogens is 294 g/mol. The van der Waals surface area contributed by atoms with E-state index in [-0.39, 0.29) is 30.9 Å². The molecule has 3 N–H and O–H groups in total. The van der Waals surface area contributed by atoms with E-state index in [0.717, 1.165) is 12.1 Å². The molecule has 0 heterocycles. The third-order valence-electron chi connectivity index (χ3n) is 3.04. The SMILES string of the molecule is CC(C)C(O)CCNC(=O)NCCOc1ccc(F)c(F)c1. The van der Waals surface area contributed by atoms with Gasteiger partial charge >= 0.3 is 6.03 Å². The van der Waals surface area contributed by atoms with Crippen LogP contribution in [0.4, 0.5) is 13.6 Å². The van der Waals surface area contributed by atoms with E-state index in [0.29, 0.717) is 13.0 Å². The summed E-state index contributed by atoms with van der Waals surface area (Å²) in [5.74, 6) is -1.57. The second kappa shape index (κ2) is 9.19. The van der Waals surface area contributed by atoms with E-state index in [4.69, 9.17) is 4.74 Å². The minimum Gasteiger partial charge on any atom is -0.492 e. The molecule has 7 heteroatoms. The first-order chi connectivity index (χ1) is 10.4. The smallest absolute Gasteiger partial charge is 0.314 e. The summed E-state index contributed by atoms with van der Waals surface area (Å²) in [5, 5.41) is 14.7. The Morgan fingerprint density at radius 1 is 1.23 bits per heavy atom. The van der Waals surface area contributed by atoms with Crippen molar-refractivity contribution in [1.82, 2.24) is 10.6 Å². The van der Waals surface area contributed by atoms with Crippen molar-refractivity contribution in [3.05, 3.63) is 29.8 Å². The number of carbonyl (C=O) groups is 1. The van der Waals surface area contributed by atoms with Crippen LogP contribution in [0.2, 0.25) is 0 Å². The Bertz CT molecular complexity index is 484. The number of aliphatic hydroxyl groups excluding tert-OH is 1. The Balaban J connectivity index is 2.13. The monoisotopic (exact) mass is 316 g/mol. The van der Waals surface area contributed by atoms with E-state index in [2.05, 4.69) is 10.6 Å². The zero-order valence-electron chi connectivity index (χ0n) is 12.7. The molecule has 0 aliphatic heterocycles. The van der Waals surface area contributed by atoms with Gasteiger partial charge < -0.3 is 20.5 Å². The van der Waals surface area contributed by atoms with E-state index in [1.165, 1.54) is 6.07 Å². The highest BCUT2D eigenvalue weighted by atomic mass is 19.2. The fourth-order valence-corrected chi connectivity index (χ4v) is 1.63. The number of benzene rings is 1. The van der Waals surface area contributed by atoms with Gasteiger partial charge in [0.1, 0.15) is 12.4 Å². The van der Waals surface area contributed by atoms with Crippen LogP contribution in [0.25, 0.3) is 0 Å². The Morgan fingerprint density at radius 2 is 1.91 bits per heavy atom. The molecule has 0 saturated heterocycles. The molecule has 0 radical (unpaired) electrons. The molecule has 0 bridgehead atoms. The summed E-state index contributed by atoms with van der Waals surface area (Å²) in [6.45, 7) is 4.53. The number of amides is 2. The van der Waals surface area contributed by atoms with Gasteiger partial charge in [-0.15, -0.1) is 0 Å². The van der Waals surface area contributed by atoms with Crippen LogP contribution in [0.5, 0.6) is 5.75 Å². The number of urea groups is 1. The Kier molecular flexibility index (Phi) is 7.59. The van der Waals surface area contributed by atoms with Gasteiger partial charge in [0.25, 0.3) is 0 Å². The van der Waals surface area contributed by atoms with E-state index in [9.17, 15) is 18.7 Å². The zero-order valence-corrected chi connectivity index (χ0v) is 12.7. The van der Waals surface area contributed by atoms with Crippen molar-refractivity contribution >= 4 is 6.03 Å². The lowest BCUT2D eigenvalue weighted by molar-refractivity contribution is 0.116. The van der Waals surface area contributed by atoms with Crippen molar-refractivity contribution in [2.24, 2.45) is 5.92 Å². The molecule has 0 fully saturated rings. The number of carbonyl (C=O) groups excluding carboxylic acids is 1. The molecule has 1 rings (SSSR count). The van der Waals surface area contributed by atoms with E-state index < -0.39 is 17.7 Å². The molecule has 0 aliphatic carbocycles. The van der Waals surface area contributed by atoms with Crippen LogP contribution < -0.4 is 15.4 Å². The van der Waals surface area contributed by atoms with Crippen molar-refractivity contribution in [2.45, 2.75) is 26.4 Å².